The Hall–Kier alpha value is -6.76. The highest BCUT2D eigenvalue weighted by Crippen LogP contribution is 2.39. The lowest BCUT2D eigenvalue weighted by atomic mass is 9.89. The lowest BCUT2D eigenvalue weighted by molar-refractivity contribution is 1.60. The SMILES string of the molecule is c1ccc(-c2cccc(-c3cc4ccccc4c4cc(-c5cccc(-c6ccc7cc(-c8ccc9ccccc9c8)ccc7c6)c5)ccc34)c2)cc1. The molecule has 10 aromatic rings. The average molecular weight is 659 g/mol. The highest BCUT2D eigenvalue weighted by molar-refractivity contribution is 6.15. The Morgan fingerprint density at radius 1 is 0.173 bits per heavy atom. The van der Waals surface area contributed by atoms with Gasteiger partial charge < -0.3 is 0 Å². The van der Waals surface area contributed by atoms with Crippen LogP contribution in [0.3, 0.4) is 0 Å². The number of rotatable bonds is 5. The van der Waals surface area contributed by atoms with Crippen LogP contribution in [0.25, 0.3) is 98.7 Å². The van der Waals surface area contributed by atoms with Crippen LogP contribution in [0.5, 0.6) is 0 Å². The van der Waals surface area contributed by atoms with Crippen LogP contribution in [0, 0.1) is 0 Å². The van der Waals surface area contributed by atoms with Gasteiger partial charge in [-0.05, 0) is 141 Å². The van der Waals surface area contributed by atoms with Gasteiger partial charge in [-0.1, -0.05) is 164 Å². The molecule has 0 heterocycles. The molecular weight excluding hydrogens is 625 g/mol. The van der Waals surface area contributed by atoms with Gasteiger partial charge in [0.25, 0.3) is 0 Å². The third kappa shape index (κ3) is 5.43. The van der Waals surface area contributed by atoms with E-state index < -0.39 is 0 Å². The second-order valence-corrected chi connectivity index (χ2v) is 13.8. The van der Waals surface area contributed by atoms with Gasteiger partial charge in [-0.25, -0.2) is 0 Å². The van der Waals surface area contributed by atoms with Crippen LogP contribution in [0.2, 0.25) is 0 Å². The Morgan fingerprint density at radius 3 is 1.31 bits per heavy atom. The molecule has 10 rings (SSSR count). The molecule has 0 N–H and O–H groups in total. The van der Waals surface area contributed by atoms with Crippen molar-refractivity contribution < 1.29 is 0 Å². The Balaban J connectivity index is 1.02. The molecule has 0 aliphatic rings. The monoisotopic (exact) mass is 658 g/mol. The van der Waals surface area contributed by atoms with Gasteiger partial charge in [0.05, 0.1) is 0 Å². The summed E-state index contributed by atoms with van der Waals surface area (Å²) >= 11 is 0. The average Bonchev–Trinajstić information content (AvgIpc) is 3.23. The molecule has 0 nitrogen and oxygen atoms in total. The molecule has 0 bridgehead atoms. The van der Waals surface area contributed by atoms with E-state index in [0.29, 0.717) is 0 Å². The minimum absolute atomic E-state index is 1.21. The van der Waals surface area contributed by atoms with Crippen LogP contribution >= 0.6 is 0 Å². The molecule has 0 saturated carbocycles. The van der Waals surface area contributed by atoms with Gasteiger partial charge in [0.2, 0.25) is 0 Å². The molecule has 0 amide bonds. The van der Waals surface area contributed by atoms with E-state index in [1.807, 2.05) is 0 Å². The first-order valence-corrected chi connectivity index (χ1v) is 18.0. The lowest BCUT2D eigenvalue weighted by Gasteiger charge is -2.14. The first-order valence-electron chi connectivity index (χ1n) is 18.0. The van der Waals surface area contributed by atoms with Crippen molar-refractivity contribution in [2.75, 3.05) is 0 Å². The minimum Gasteiger partial charge on any atom is -0.0622 e. The second kappa shape index (κ2) is 12.5. The Bertz CT molecular complexity index is 2950. The van der Waals surface area contributed by atoms with Crippen molar-refractivity contribution in [2.45, 2.75) is 0 Å². The summed E-state index contributed by atoms with van der Waals surface area (Å²) in [5, 5.41) is 10.1. The molecule has 0 aliphatic carbocycles. The van der Waals surface area contributed by atoms with E-state index in [0.717, 1.165) is 0 Å². The third-order valence-electron chi connectivity index (χ3n) is 10.6. The fourth-order valence-corrected chi connectivity index (χ4v) is 7.87. The summed E-state index contributed by atoms with van der Waals surface area (Å²) in [6.45, 7) is 0. The van der Waals surface area contributed by atoms with E-state index in [2.05, 4.69) is 206 Å². The van der Waals surface area contributed by atoms with Crippen LogP contribution in [-0.2, 0) is 0 Å². The molecule has 0 saturated heterocycles. The van der Waals surface area contributed by atoms with Crippen molar-refractivity contribution in [3.05, 3.63) is 206 Å². The molecule has 0 heteroatoms. The summed E-state index contributed by atoms with van der Waals surface area (Å²) in [6, 6.07) is 75.6. The second-order valence-electron chi connectivity index (χ2n) is 13.8. The standard InChI is InChI=1S/C52H34/c1-2-10-35(11-3-1)38-15-9-18-47(32-38)51-34-48-14-6-7-19-49(48)52-33-46(26-27-50(51)52)40-17-8-16-39(29-40)41-22-23-45-31-44(25-24-43(45)30-41)42-21-20-36-12-4-5-13-37(36)28-42/h1-34H. The largest absolute Gasteiger partial charge is 0.0622 e. The van der Waals surface area contributed by atoms with Gasteiger partial charge in [-0.3, -0.25) is 0 Å². The summed E-state index contributed by atoms with van der Waals surface area (Å²) in [5.41, 5.74) is 12.3. The Morgan fingerprint density at radius 2 is 0.615 bits per heavy atom. The molecule has 0 unspecified atom stereocenters. The Kier molecular flexibility index (Phi) is 7.25. The zero-order chi connectivity index (χ0) is 34.4. The van der Waals surface area contributed by atoms with Crippen molar-refractivity contribution >= 4 is 43.1 Å². The minimum atomic E-state index is 1.21. The first kappa shape index (κ1) is 30.1. The molecule has 242 valence electrons. The van der Waals surface area contributed by atoms with E-state index in [4.69, 9.17) is 0 Å². The number of hydrogen-bond acceptors (Lipinski definition) is 0. The zero-order valence-corrected chi connectivity index (χ0v) is 28.6. The normalized spacial score (nSPS) is 11.5. The summed E-state index contributed by atoms with van der Waals surface area (Å²) in [6.07, 6.45) is 0. The van der Waals surface area contributed by atoms with Crippen LogP contribution in [0.1, 0.15) is 0 Å². The fourth-order valence-electron chi connectivity index (χ4n) is 7.87. The predicted octanol–water partition coefficient (Wildman–Crippen LogP) is 14.6. The summed E-state index contributed by atoms with van der Waals surface area (Å²) in [5.74, 6) is 0. The van der Waals surface area contributed by atoms with E-state index >= 15 is 0 Å². The quantitative estimate of drug-likeness (QED) is 0.161. The van der Waals surface area contributed by atoms with Gasteiger partial charge in [-0.15, -0.1) is 0 Å². The summed E-state index contributed by atoms with van der Waals surface area (Å²) in [4.78, 5) is 0. The molecule has 0 spiro atoms. The fraction of sp³-hybridized carbons (Fsp3) is 0. The predicted molar refractivity (Wildman–Crippen MR) is 224 cm³/mol. The maximum atomic E-state index is 2.38. The summed E-state index contributed by atoms with van der Waals surface area (Å²) < 4.78 is 0. The third-order valence-corrected chi connectivity index (χ3v) is 10.6. The summed E-state index contributed by atoms with van der Waals surface area (Å²) in [7, 11) is 0. The molecule has 0 fully saturated rings. The molecule has 52 heavy (non-hydrogen) atoms. The Labute approximate surface area is 303 Å². The van der Waals surface area contributed by atoms with E-state index in [1.165, 1.54) is 98.7 Å². The van der Waals surface area contributed by atoms with Crippen molar-refractivity contribution in [1.29, 1.82) is 0 Å². The maximum Gasteiger partial charge on any atom is -0.00930 e. The van der Waals surface area contributed by atoms with Gasteiger partial charge in [0.15, 0.2) is 0 Å². The van der Waals surface area contributed by atoms with Crippen LogP contribution < -0.4 is 0 Å². The van der Waals surface area contributed by atoms with Crippen molar-refractivity contribution in [3.8, 4) is 55.6 Å². The van der Waals surface area contributed by atoms with E-state index in [9.17, 15) is 0 Å². The molecule has 0 radical (unpaired) electrons. The van der Waals surface area contributed by atoms with Crippen molar-refractivity contribution in [1.82, 2.24) is 0 Å². The first-order chi connectivity index (χ1) is 25.7. The highest BCUT2D eigenvalue weighted by Gasteiger charge is 2.12. The molecule has 10 aromatic carbocycles. The van der Waals surface area contributed by atoms with Crippen LogP contribution in [0.15, 0.2) is 206 Å². The van der Waals surface area contributed by atoms with E-state index in [1.54, 1.807) is 0 Å². The van der Waals surface area contributed by atoms with Gasteiger partial charge >= 0.3 is 0 Å². The number of fused-ring (bicyclic) bond motifs is 5. The highest BCUT2D eigenvalue weighted by atomic mass is 14.2. The van der Waals surface area contributed by atoms with Crippen LogP contribution in [-0.4, -0.2) is 0 Å². The molecule has 0 aromatic heterocycles. The van der Waals surface area contributed by atoms with Crippen LogP contribution in [0.4, 0.5) is 0 Å². The van der Waals surface area contributed by atoms with Crippen molar-refractivity contribution in [2.24, 2.45) is 0 Å². The smallest absolute Gasteiger partial charge is 0.00930 e. The number of hydrogen-bond donors (Lipinski definition) is 0. The lowest BCUT2D eigenvalue weighted by Crippen LogP contribution is -1.88. The van der Waals surface area contributed by atoms with Gasteiger partial charge in [-0.2, -0.15) is 0 Å². The van der Waals surface area contributed by atoms with Crippen molar-refractivity contribution in [3.63, 3.8) is 0 Å². The molecular formula is C52H34. The maximum absolute atomic E-state index is 2.38. The van der Waals surface area contributed by atoms with Gasteiger partial charge in [0, 0.05) is 0 Å². The molecule has 0 aliphatic heterocycles. The molecule has 0 atom stereocenters. The van der Waals surface area contributed by atoms with Gasteiger partial charge in [0.1, 0.15) is 0 Å². The topological polar surface area (TPSA) is 0 Å². The number of benzene rings is 10. The van der Waals surface area contributed by atoms with E-state index in [-0.39, 0.29) is 0 Å². The zero-order valence-electron chi connectivity index (χ0n) is 28.6.